The van der Waals surface area contributed by atoms with E-state index in [-0.39, 0.29) is 30.2 Å². The molecular weight excluding hydrogens is 426 g/mol. The molecule has 0 radical (unpaired) electrons. The molecular formula is C19H23N5O8. The number of unbranched alkanes of at least 4 members (excludes halogenated alkanes) is 1. The molecule has 0 amide bonds. The van der Waals surface area contributed by atoms with Crippen molar-refractivity contribution in [3.8, 4) is 0 Å². The fourth-order valence-corrected chi connectivity index (χ4v) is 3.65. The molecule has 1 aromatic carbocycles. The molecule has 1 aliphatic heterocycles. The highest BCUT2D eigenvalue weighted by atomic mass is 16.6. The minimum atomic E-state index is -0.907. The Morgan fingerprint density at radius 2 is 1.88 bits per heavy atom. The van der Waals surface area contributed by atoms with Crippen molar-refractivity contribution in [1.29, 1.82) is 0 Å². The molecule has 0 saturated carbocycles. The zero-order valence-corrected chi connectivity index (χ0v) is 17.0. The molecule has 3 atom stereocenters. The molecule has 172 valence electrons. The van der Waals surface area contributed by atoms with Crippen LogP contribution in [0.5, 0.6) is 0 Å². The normalized spacial score (nSPS) is 20.4. The number of anilines is 1. The van der Waals surface area contributed by atoms with Crippen LogP contribution in [0, 0.1) is 20.2 Å². The first-order valence-corrected chi connectivity index (χ1v) is 9.95. The van der Waals surface area contributed by atoms with Crippen molar-refractivity contribution in [3.05, 3.63) is 66.2 Å². The molecule has 0 bridgehead atoms. The number of ether oxygens (including phenoxy) is 1. The zero-order chi connectivity index (χ0) is 23.4. The highest BCUT2D eigenvalue weighted by molar-refractivity contribution is 5.49. The fraction of sp³-hybridized carbons (Fsp3) is 0.474. The Hall–Kier alpha value is -3.42. The molecule has 1 saturated heterocycles. The number of aromatic nitrogens is 2. The van der Waals surface area contributed by atoms with E-state index >= 15 is 0 Å². The molecule has 0 aliphatic carbocycles. The molecule has 2 aromatic rings. The Balaban J connectivity index is 1.66. The maximum absolute atomic E-state index is 12.2. The Bertz CT molecular complexity index is 1070. The van der Waals surface area contributed by atoms with Crippen molar-refractivity contribution in [3.63, 3.8) is 0 Å². The smallest absolute Gasteiger partial charge is 0.351 e. The molecule has 32 heavy (non-hydrogen) atoms. The number of benzene rings is 1. The number of nitrogens with two attached hydrogens (primary N) is 1. The second-order valence-corrected chi connectivity index (χ2v) is 7.49. The van der Waals surface area contributed by atoms with Crippen LogP contribution in [0.1, 0.15) is 36.6 Å². The average molecular weight is 449 g/mol. The average Bonchev–Trinajstić information content (AvgIpc) is 3.12. The Kier molecular flexibility index (Phi) is 7.12. The SMILES string of the molecule is Nc1nc(=O)n([C@H]2C[C@H](O)[C@@H](CO)O2)cc1CCCCc1ccc([N+](=O)[O-])cc1[N+](=O)[O-]. The summed E-state index contributed by atoms with van der Waals surface area (Å²) in [6.07, 6.45) is 1.02. The Morgan fingerprint density at radius 1 is 1.19 bits per heavy atom. The van der Waals surface area contributed by atoms with Crippen molar-refractivity contribution in [2.24, 2.45) is 0 Å². The summed E-state index contributed by atoms with van der Waals surface area (Å²) in [5.74, 6) is 0.0600. The second kappa shape index (κ2) is 9.80. The molecule has 1 aliphatic rings. The van der Waals surface area contributed by atoms with Crippen LogP contribution >= 0.6 is 0 Å². The molecule has 3 rings (SSSR count). The van der Waals surface area contributed by atoms with Crippen LogP contribution in [0.2, 0.25) is 0 Å². The number of nitrogens with zero attached hydrogens (tertiary/aromatic N) is 4. The third-order valence-electron chi connectivity index (χ3n) is 5.37. The maximum atomic E-state index is 12.2. The summed E-state index contributed by atoms with van der Waals surface area (Å²) in [4.78, 5) is 36.8. The van der Waals surface area contributed by atoms with Crippen LogP contribution in [0.25, 0.3) is 0 Å². The number of hydrogen-bond acceptors (Lipinski definition) is 10. The van der Waals surface area contributed by atoms with Crippen LogP contribution in [0.3, 0.4) is 0 Å². The van der Waals surface area contributed by atoms with Crippen molar-refractivity contribution < 1.29 is 24.8 Å². The topological polar surface area (TPSA) is 197 Å². The van der Waals surface area contributed by atoms with Crippen LogP contribution in [-0.2, 0) is 17.6 Å². The molecule has 0 spiro atoms. The number of aliphatic hydroxyl groups excluding tert-OH is 2. The predicted octanol–water partition coefficient (Wildman–Crippen LogP) is 0.848. The minimum Gasteiger partial charge on any atom is -0.394 e. The largest absolute Gasteiger partial charge is 0.394 e. The van der Waals surface area contributed by atoms with E-state index in [2.05, 4.69) is 4.98 Å². The zero-order valence-electron chi connectivity index (χ0n) is 17.0. The van der Waals surface area contributed by atoms with E-state index in [4.69, 9.17) is 10.5 Å². The van der Waals surface area contributed by atoms with E-state index in [0.717, 1.165) is 6.07 Å². The van der Waals surface area contributed by atoms with Gasteiger partial charge in [-0.25, -0.2) is 4.79 Å². The first kappa shape index (κ1) is 23.2. The van der Waals surface area contributed by atoms with E-state index in [0.29, 0.717) is 36.8 Å². The van der Waals surface area contributed by atoms with Crippen LogP contribution < -0.4 is 11.4 Å². The van der Waals surface area contributed by atoms with Gasteiger partial charge in [-0.05, 0) is 31.7 Å². The van der Waals surface area contributed by atoms with Gasteiger partial charge >= 0.3 is 5.69 Å². The van der Waals surface area contributed by atoms with Gasteiger partial charge in [0, 0.05) is 29.8 Å². The lowest BCUT2D eigenvalue weighted by Crippen LogP contribution is -2.29. The van der Waals surface area contributed by atoms with Gasteiger partial charge in [0.2, 0.25) is 0 Å². The minimum absolute atomic E-state index is 0.0600. The fourth-order valence-electron chi connectivity index (χ4n) is 3.65. The van der Waals surface area contributed by atoms with Gasteiger partial charge in [0.1, 0.15) is 18.1 Å². The number of aliphatic hydroxyl groups is 2. The van der Waals surface area contributed by atoms with E-state index in [1.807, 2.05) is 0 Å². The molecule has 1 aromatic heterocycles. The lowest BCUT2D eigenvalue weighted by atomic mass is 10.0. The van der Waals surface area contributed by atoms with E-state index < -0.39 is 34.0 Å². The van der Waals surface area contributed by atoms with E-state index in [1.165, 1.54) is 22.9 Å². The van der Waals surface area contributed by atoms with Crippen molar-refractivity contribution in [2.45, 2.75) is 50.5 Å². The Labute approximate surface area is 181 Å². The van der Waals surface area contributed by atoms with Gasteiger partial charge < -0.3 is 20.7 Å². The van der Waals surface area contributed by atoms with Crippen LogP contribution in [-0.4, -0.2) is 48.4 Å². The predicted molar refractivity (Wildman–Crippen MR) is 111 cm³/mol. The van der Waals surface area contributed by atoms with Gasteiger partial charge in [-0.2, -0.15) is 4.98 Å². The third kappa shape index (κ3) is 5.07. The monoisotopic (exact) mass is 449 g/mol. The van der Waals surface area contributed by atoms with Gasteiger partial charge in [0.15, 0.2) is 0 Å². The molecule has 2 heterocycles. The lowest BCUT2D eigenvalue weighted by Gasteiger charge is -2.16. The summed E-state index contributed by atoms with van der Waals surface area (Å²) < 4.78 is 6.73. The summed E-state index contributed by atoms with van der Waals surface area (Å²) in [6, 6.07) is 3.56. The second-order valence-electron chi connectivity index (χ2n) is 7.49. The van der Waals surface area contributed by atoms with Crippen molar-refractivity contribution in [1.82, 2.24) is 9.55 Å². The number of non-ortho nitro benzene ring substituents is 1. The number of nitrogen functional groups attached to an aromatic ring is 1. The number of nitro groups is 2. The molecule has 13 nitrogen and oxygen atoms in total. The molecule has 4 N–H and O–H groups in total. The molecule has 13 heteroatoms. The van der Waals surface area contributed by atoms with Crippen LogP contribution in [0.15, 0.2) is 29.2 Å². The summed E-state index contributed by atoms with van der Waals surface area (Å²) >= 11 is 0. The first-order valence-electron chi connectivity index (χ1n) is 9.95. The summed E-state index contributed by atoms with van der Waals surface area (Å²) in [5, 5.41) is 41.2. The summed E-state index contributed by atoms with van der Waals surface area (Å²) in [7, 11) is 0. The summed E-state index contributed by atoms with van der Waals surface area (Å²) in [5.41, 5.74) is 5.55. The van der Waals surface area contributed by atoms with E-state index in [1.54, 1.807) is 0 Å². The number of hydrogen-bond donors (Lipinski definition) is 3. The van der Waals surface area contributed by atoms with Crippen molar-refractivity contribution >= 4 is 17.2 Å². The van der Waals surface area contributed by atoms with Gasteiger partial charge in [0.25, 0.3) is 11.4 Å². The van der Waals surface area contributed by atoms with E-state index in [9.17, 15) is 35.2 Å². The first-order chi connectivity index (χ1) is 15.2. The Morgan fingerprint density at radius 3 is 2.47 bits per heavy atom. The number of rotatable bonds is 9. The maximum Gasteiger partial charge on any atom is 0.351 e. The van der Waals surface area contributed by atoms with Crippen molar-refractivity contribution in [2.75, 3.05) is 12.3 Å². The highest BCUT2D eigenvalue weighted by Crippen LogP contribution is 2.29. The van der Waals surface area contributed by atoms with Gasteiger partial charge in [-0.15, -0.1) is 0 Å². The molecule has 0 unspecified atom stereocenters. The standard InChI is InChI=1S/C19H23N5O8/c20-18-12(9-22(19(27)21-18)17-8-15(26)16(10-25)32-17)4-2-1-3-11-5-6-13(23(28)29)7-14(11)24(30)31/h5-7,9,15-17,25-26H,1-4,8,10H2,(H2,20,21,27)/t15-,16+,17+/m0/s1. The van der Waals surface area contributed by atoms with Crippen LogP contribution in [0.4, 0.5) is 17.2 Å². The number of aryl methyl sites for hydroxylation is 2. The quantitative estimate of drug-likeness (QED) is 0.280. The number of nitro benzene ring substituents is 2. The third-order valence-corrected chi connectivity index (χ3v) is 5.37. The molecule has 1 fully saturated rings. The van der Waals surface area contributed by atoms with Gasteiger partial charge in [-0.1, -0.05) is 0 Å². The highest BCUT2D eigenvalue weighted by Gasteiger charge is 2.35. The lowest BCUT2D eigenvalue weighted by molar-refractivity contribution is -0.394. The summed E-state index contributed by atoms with van der Waals surface area (Å²) in [6.45, 7) is -0.379. The van der Waals surface area contributed by atoms with Gasteiger partial charge in [0.05, 0.1) is 28.6 Å². The van der Waals surface area contributed by atoms with Gasteiger partial charge in [-0.3, -0.25) is 24.8 Å².